The summed E-state index contributed by atoms with van der Waals surface area (Å²) >= 11 is 1.93. The van der Waals surface area contributed by atoms with Crippen molar-refractivity contribution in [2.45, 2.75) is 38.8 Å². The normalized spacial score (nSPS) is 37.1. The van der Waals surface area contributed by atoms with Crippen molar-refractivity contribution in [1.29, 1.82) is 0 Å². The number of allylic oxidation sites excluding steroid dienone is 2. The lowest BCUT2D eigenvalue weighted by Gasteiger charge is -2.29. The van der Waals surface area contributed by atoms with Crippen LogP contribution in [0.2, 0.25) is 0 Å². The SMILES string of the molecule is CSCC(C)NC(C)C1CC2C=CC1C2. The molecule has 0 aromatic rings. The van der Waals surface area contributed by atoms with E-state index in [-0.39, 0.29) is 0 Å². The van der Waals surface area contributed by atoms with Crippen LogP contribution >= 0.6 is 11.8 Å². The summed E-state index contributed by atoms with van der Waals surface area (Å²) in [7, 11) is 0. The fourth-order valence-electron chi connectivity index (χ4n) is 3.27. The lowest BCUT2D eigenvalue weighted by molar-refractivity contribution is 0.312. The number of thioether (sulfide) groups is 1. The molecule has 2 aliphatic carbocycles. The van der Waals surface area contributed by atoms with E-state index in [1.165, 1.54) is 18.6 Å². The Bertz CT molecular complexity index is 239. The van der Waals surface area contributed by atoms with Crippen LogP contribution in [0, 0.1) is 17.8 Å². The van der Waals surface area contributed by atoms with Gasteiger partial charge < -0.3 is 5.32 Å². The monoisotopic (exact) mass is 225 g/mol. The molecule has 15 heavy (non-hydrogen) atoms. The molecular weight excluding hydrogens is 202 g/mol. The van der Waals surface area contributed by atoms with Gasteiger partial charge in [-0.05, 0) is 50.7 Å². The molecule has 2 bridgehead atoms. The Balaban J connectivity index is 1.81. The molecule has 1 N–H and O–H groups in total. The molecule has 0 saturated heterocycles. The molecule has 0 amide bonds. The Morgan fingerprint density at radius 3 is 2.67 bits per heavy atom. The van der Waals surface area contributed by atoms with Crippen LogP contribution in [0.3, 0.4) is 0 Å². The van der Waals surface area contributed by atoms with Crippen molar-refractivity contribution in [3.63, 3.8) is 0 Å². The molecule has 0 spiro atoms. The molecule has 2 heteroatoms. The molecule has 0 radical (unpaired) electrons. The fourth-order valence-corrected chi connectivity index (χ4v) is 3.86. The molecule has 0 aromatic heterocycles. The number of fused-ring (bicyclic) bond motifs is 2. The minimum absolute atomic E-state index is 0.651. The van der Waals surface area contributed by atoms with Gasteiger partial charge in [-0.15, -0.1) is 0 Å². The van der Waals surface area contributed by atoms with Crippen LogP contribution in [0.4, 0.5) is 0 Å². The third-order valence-electron chi connectivity index (χ3n) is 3.94. The highest BCUT2D eigenvalue weighted by Gasteiger charge is 2.38. The molecular formula is C13H23NS. The van der Waals surface area contributed by atoms with Gasteiger partial charge in [0.2, 0.25) is 0 Å². The highest BCUT2D eigenvalue weighted by atomic mass is 32.2. The van der Waals surface area contributed by atoms with Crippen LogP contribution in [-0.4, -0.2) is 24.1 Å². The lowest BCUT2D eigenvalue weighted by atomic mass is 9.87. The van der Waals surface area contributed by atoms with E-state index >= 15 is 0 Å². The van der Waals surface area contributed by atoms with Gasteiger partial charge in [0.25, 0.3) is 0 Å². The second-order valence-corrected chi connectivity index (χ2v) is 6.17. The first-order valence-corrected chi connectivity index (χ1v) is 7.53. The predicted octanol–water partition coefficient (Wildman–Crippen LogP) is 2.93. The summed E-state index contributed by atoms with van der Waals surface area (Å²) in [5, 5.41) is 3.75. The van der Waals surface area contributed by atoms with Crippen molar-refractivity contribution in [2.75, 3.05) is 12.0 Å². The summed E-state index contributed by atoms with van der Waals surface area (Å²) in [5.74, 6) is 3.89. The molecule has 86 valence electrons. The van der Waals surface area contributed by atoms with E-state index in [2.05, 4.69) is 37.6 Å². The molecule has 0 heterocycles. The van der Waals surface area contributed by atoms with E-state index < -0.39 is 0 Å². The van der Waals surface area contributed by atoms with Gasteiger partial charge >= 0.3 is 0 Å². The Hall–Kier alpha value is 0.0500. The lowest BCUT2D eigenvalue weighted by Crippen LogP contribution is -2.41. The Labute approximate surface area is 98.1 Å². The maximum atomic E-state index is 3.75. The van der Waals surface area contributed by atoms with Crippen molar-refractivity contribution >= 4 is 11.8 Å². The Morgan fingerprint density at radius 1 is 1.33 bits per heavy atom. The highest BCUT2D eigenvalue weighted by Crippen LogP contribution is 2.44. The molecule has 1 fully saturated rings. The van der Waals surface area contributed by atoms with Crippen molar-refractivity contribution in [3.8, 4) is 0 Å². The highest BCUT2D eigenvalue weighted by molar-refractivity contribution is 7.98. The summed E-state index contributed by atoms with van der Waals surface area (Å²) in [6, 6.07) is 1.34. The van der Waals surface area contributed by atoms with Crippen LogP contribution in [-0.2, 0) is 0 Å². The average molecular weight is 225 g/mol. The van der Waals surface area contributed by atoms with E-state index in [1.807, 2.05) is 11.8 Å². The van der Waals surface area contributed by atoms with Gasteiger partial charge in [0.05, 0.1) is 0 Å². The van der Waals surface area contributed by atoms with E-state index in [0.29, 0.717) is 12.1 Å². The topological polar surface area (TPSA) is 12.0 Å². The second-order valence-electron chi connectivity index (χ2n) is 5.26. The smallest absolute Gasteiger partial charge is 0.0132 e. The van der Waals surface area contributed by atoms with E-state index in [4.69, 9.17) is 0 Å². The molecule has 2 rings (SSSR count). The van der Waals surface area contributed by atoms with E-state index in [1.54, 1.807) is 0 Å². The zero-order valence-electron chi connectivity index (χ0n) is 10.1. The Morgan fingerprint density at radius 2 is 2.13 bits per heavy atom. The minimum atomic E-state index is 0.651. The standard InChI is InChI=1S/C13H23NS/c1-9(8-15-3)14-10(2)13-7-11-4-5-12(13)6-11/h4-5,9-14H,6-8H2,1-3H3. The largest absolute Gasteiger partial charge is 0.311 e. The van der Waals surface area contributed by atoms with Gasteiger partial charge in [0, 0.05) is 17.8 Å². The molecule has 1 saturated carbocycles. The quantitative estimate of drug-likeness (QED) is 0.722. The van der Waals surface area contributed by atoms with E-state index in [0.717, 1.165) is 17.8 Å². The molecule has 0 aromatic carbocycles. The van der Waals surface area contributed by atoms with Crippen molar-refractivity contribution in [2.24, 2.45) is 17.8 Å². The minimum Gasteiger partial charge on any atom is -0.311 e. The van der Waals surface area contributed by atoms with Gasteiger partial charge in [0.1, 0.15) is 0 Å². The summed E-state index contributed by atoms with van der Waals surface area (Å²) in [6.07, 6.45) is 9.91. The van der Waals surface area contributed by atoms with E-state index in [9.17, 15) is 0 Å². The molecule has 5 atom stereocenters. The summed E-state index contributed by atoms with van der Waals surface area (Å²) in [5.41, 5.74) is 0. The third kappa shape index (κ3) is 2.59. The van der Waals surface area contributed by atoms with Gasteiger partial charge in [0.15, 0.2) is 0 Å². The first-order valence-electron chi connectivity index (χ1n) is 6.14. The van der Waals surface area contributed by atoms with Gasteiger partial charge in [-0.25, -0.2) is 0 Å². The number of hydrogen-bond donors (Lipinski definition) is 1. The molecule has 0 aliphatic heterocycles. The first-order chi connectivity index (χ1) is 7.20. The summed E-state index contributed by atoms with van der Waals surface area (Å²) in [6.45, 7) is 4.67. The van der Waals surface area contributed by atoms with Crippen molar-refractivity contribution in [1.82, 2.24) is 5.32 Å². The maximum absolute atomic E-state index is 3.75. The average Bonchev–Trinajstić information content (AvgIpc) is 2.78. The van der Waals surface area contributed by atoms with Crippen LogP contribution < -0.4 is 5.32 Å². The van der Waals surface area contributed by atoms with Gasteiger partial charge in [-0.1, -0.05) is 12.2 Å². The molecule has 5 unspecified atom stereocenters. The summed E-state index contributed by atoms with van der Waals surface area (Å²) in [4.78, 5) is 0. The maximum Gasteiger partial charge on any atom is 0.0132 e. The second kappa shape index (κ2) is 4.92. The zero-order chi connectivity index (χ0) is 10.8. The van der Waals surface area contributed by atoms with Crippen LogP contribution in [0.15, 0.2) is 12.2 Å². The van der Waals surface area contributed by atoms with Crippen LogP contribution in [0.5, 0.6) is 0 Å². The zero-order valence-corrected chi connectivity index (χ0v) is 10.9. The first kappa shape index (κ1) is 11.5. The van der Waals surface area contributed by atoms with Gasteiger partial charge in [-0.2, -0.15) is 11.8 Å². The van der Waals surface area contributed by atoms with Gasteiger partial charge in [-0.3, -0.25) is 0 Å². The number of nitrogens with one attached hydrogen (secondary N) is 1. The molecule has 2 aliphatic rings. The van der Waals surface area contributed by atoms with Crippen molar-refractivity contribution in [3.05, 3.63) is 12.2 Å². The number of rotatable bonds is 5. The fraction of sp³-hybridized carbons (Fsp3) is 0.846. The molecule has 1 nitrogen and oxygen atoms in total. The van der Waals surface area contributed by atoms with Crippen molar-refractivity contribution < 1.29 is 0 Å². The predicted molar refractivity (Wildman–Crippen MR) is 69.3 cm³/mol. The number of hydrogen-bond acceptors (Lipinski definition) is 2. The Kier molecular flexibility index (Phi) is 3.78. The summed E-state index contributed by atoms with van der Waals surface area (Å²) < 4.78 is 0. The van der Waals surface area contributed by atoms with Crippen LogP contribution in [0.25, 0.3) is 0 Å². The van der Waals surface area contributed by atoms with Crippen LogP contribution in [0.1, 0.15) is 26.7 Å². The third-order valence-corrected chi connectivity index (χ3v) is 4.77.